The highest BCUT2D eigenvalue weighted by atomic mass is 28.4. The van der Waals surface area contributed by atoms with Crippen LogP contribution >= 0.6 is 0 Å². The molecule has 0 N–H and O–H groups in total. The molecule has 1 aromatic carbocycles. The van der Waals surface area contributed by atoms with Crippen LogP contribution in [0.15, 0.2) is 42.0 Å². The van der Waals surface area contributed by atoms with Gasteiger partial charge in [-0.25, -0.2) is 0 Å². The van der Waals surface area contributed by atoms with Crippen LogP contribution in [0.1, 0.15) is 53.3 Å². The van der Waals surface area contributed by atoms with E-state index in [-0.39, 0.29) is 29.2 Å². The SMILES string of the molecule is CC1=C[C@]2([C@@H](O[Si](C)(C)C(C)(C)C)C(C)C)CO[C@@H](c3ccccc3)N2C1=O. The number of ether oxygens (including phenoxy) is 1. The predicted molar refractivity (Wildman–Crippen MR) is 115 cm³/mol. The molecule has 0 aliphatic carbocycles. The molecule has 2 aliphatic heterocycles. The second kappa shape index (κ2) is 7.12. The van der Waals surface area contributed by atoms with Crippen molar-refractivity contribution in [1.29, 1.82) is 0 Å². The van der Waals surface area contributed by atoms with Gasteiger partial charge in [-0.2, -0.15) is 0 Å². The Labute approximate surface area is 171 Å². The van der Waals surface area contributed by atoms with Crippen LogP contribution in [0.2, 0.25) is 18.1 Å². The molecule has 1 fully saturated rings. The third-order valence-electron chi connectivity index (χ3n) is 6.59. The molecule has 1 saturated heterocycles. The number of nitrogens with zero attached hydrogens (tertiary/aromatic N) is 1. The van der Waals surface area contributed by atoms with Crippen molar-refractivity contribution in [1.82, 2.24) is 4.90 Å². The maximum Gasteiger partial charge on any atom is 0.252 e. The quantitative estimate of drug-likeness (QED) is 0.629. The van der Waals surface area contributed by atoms with Crippen LogP contribution in [0, 0.1) is 5.92 Å². The van der Waals surface area contributed by atoms with E-state index in [0.717, 1.165) is 11.1 Å². The molecule has 1 amide bonds. The van der Waals surface area contributed by atoms with Gasteiger partial charge in [-0.05, 0) is 37.0 Å². The zero-order valence-corrected chi connectivity index (χ0v) is 19.6. The third-order valence-corrected chi connectivity index (χ3v) is 11.0. The fraction of sp³-hybridized carbons (Fsp3) is 0.609. The van der Waals surface area contributed by atoms with E-state index in [1.165, 1.54) is 0 Å². The van der Waals surface area contributed by atoms with Crippen LogP contribution in [0.3, 0.4) is 0 Å². The number of hydrogen-bond acceptors (Lipinski definition) is 3. The van der Waals surface area contributed by atoms with Crippen molar-refractivity contribution in [2.24, 2.45) is 5.92 Å². The minimum absolute atomic E-state index is 0.0517. The summed E-state index contributed by atoms with van der Waals surface area (Å²) < 4.78 is 13.2. The molecule has 2 heterocycles. The van der Waals surface area contributed by atoms with E-state index in [2.05, 4.69) is 53.8 Å². The number of fused-ring (bicyclic) bond motifs is 1. The van der Waals surface area contributed by atoms with Crippen molar-refractivity contribution in [2.75, 3.05) is 6.61 Å². The number of amides is 1. The molecule has 0 radical (unpaired) electrons. The van der Waals surface area contributed by atoms with Crippen LogP contribution in [0.4, 0.5) is 0 Å². The Hall–Kier alpha value is -1.43. The van der Waals surface area contributed by atoms with Gasteiger partial charge >= 0.3 is 0 Å². The Balaban J connectivity index is 2.04. The van der Waals surface area contributed by atoms with Crippen LogP contribution < -0.4 is 0 Å². The normalized spacial score (nSPS) is 26.6. The largest absolute Gasteiger partial charge is 0.411 e. The standard InChI is InChI=1S/C23H35NO3Si/c1-16(2)19(27-28(7,8)22(4,5)6)23-14-17(3)20(25)24(23)21(26-15-23)18-12-10-9-11-13-18/h9-14,16,19,21H,15H2,1-8H3/t19-,21-,23+/m0/s1. The Kier molecular flexibility index (Phi) is 5.41. The summed E-state index contributed by atoms with van der Waals surface area (Å²) in [7, 11) is -2.03. The lowest BCUT2D eigenvalue weighted by Gasteiger charge is -2.47. The van der Waals surface area contributed by atoms with Crippen LogP contribution in [0.25, 0.3) is 0 Å². The van der Waals surface area contributed by atoms with Gasteiger partial charge in [0, 0.05) is 11.1 Å². The summed E-state index contributed by atoms with van der Waals surface area (Å²) in [5.41, 5.74) is 1.25. The number of hydrogen-bond donors (Lipinski definition) is 0. The molecule has 3 rings (SSSR count). The summed E-state index contributed by atoms with van der Waals surface area (Å²) in [4.78, 5) is 15.1. The molecule has 0 saturated carbocycles. The van der Waals surface area contributed by atoms with Crippen LogP contribution in [-0.2, 0) is 14.0 Å². The van der Waals surface area contributed by atoms with Gasteiger partial charge in [0.05, 0.1) is 12.7 Å². The molecular formula is C23H35NO3Si. The Morgan fingerprint density at radius 3 is 2.36 bits per heavy atom. The lowest BCUT2D eigenvalue weighted by Crippen LogP contribution is -2.59. The average Bonchev–Trinajstić information content (AvgIpc) is 3.09. The van der Waals surface area contributed by atoms with E-state index in [1.54, 1.807) is 0 Å². The third kappa shape index (κ3) is 3.38. The van der Waals surface area contributed by atoms with Crippen molar-refractivity contribution >= 4 is 14.2 Å². The predicted octanol–water partition coefficient (Wildman–Crippen LogP) is 5.29. The fourth-order valence-electron chi connectivity index (χ4n) is 4.08. The molecule has 4 nitrogen and oxygen atoms in total. The summed E-state index contributed by atoms with van der Waals surface area (Å²) >= 11 is 0. The van der Waals surface area contributed by atoms with Gasteiger partial charge in [-0.1, -0.05) is 65.0 Å². The van der Waals surface area contributed by atoms with Gasteiger partial charge in [0.25, 0.3) is 5.91 Å². The van der Waals surface area contributed by atoms with E-state index < -0.39 is 13.9 Å². The van der Waals surface area contributed by atoms with Gasteiger partial charge < -0.3 is 9.16 Å². The first-order valence-electron chi connectivity index (χ1n) is 10.3. The topological polar surface area (TPSA) is 38.8 Å². The molecule has 28 heavy (non-hydrogen) atoms. The van der Waals surface area contributed by atoms with Crippen molar-refractivity contribution in [2.45, 2.75) is 77.5 Å². The molecule has 2 aliphatic rings. The van der Waals surface area contributed by atoms with E-state index in [9.17, 15) is 4.79 Å². The molecule has 5 heteroatoms. The molecule has 0 unspecified atom stereocenters. The van der Waals surface area contributed by atoms with Crippen molar-refractivity contribution in [3.8, 4) is 0 Å². The van der Waals surface area contributed by atoms with Crippen LogP contribution in [-0.4, -0.2) is 37.4 Å². The van der Waals surface area contributed by atoms with Crippen molar-refractivity contribution in [3.05, 3.63) is 47.5 Å². The highest BCUT2D eigenvalue weighted by Gasteiger charge is 2.59. The molecule has 1 aromatic rings. The van der Waals surface area contributed by atoms with Gasteiger partial charge in [0.1, 0.15) is 5.54 Å². The summed E-state index contributed by atoms with van der Waals surface area (Å²) in [5.74, 6) is 0.306. The van der Waals surface area contributed by atoms with Gasteiger partial charge in [0.2, 0.25) is 0 Å². The molecule has 0 aromatic heterocycles. The zero-order valence-electron chi connectivity index (χ0n) is 18.6. The van der Waals surface area contributed by atoms with Gasteiger partial charge in [-0.3, -0.25) is 9.69 Å². The smallest absolute Gasteiger partial charge is 0.252 e. The molecule has 154 valence electrons. The lowest BCUT2D eigenvalue weighted by atomic mass is 9.86. The maximum atomic E-state index is 13.2. The minimum atomic E-state index is -2.03. The summed E-state index contributed by atoms with van der Waals surface area (Å²) in [6.45, 7) is 18.1. The first kappa shape index (κ1) is 21.3. The van der Waals surface area contributed by atoms with Crippen molar-refractivity contribution in [3.63, 3.8) is 0 Å². The highest BCUT2D eigenvalue weighted by molar-refractivity contribution is 6.74. The average molecular weight is 402 g/mol. The number of carbonyl (C=O) groups excluding carboxylic acids is 1. The van der Waals surface area contributed by atoms with E-state index >= 15 is 0 Å². The first-order valence-corrected chi connectivity index (χ1v) is 13.2. The number of carbonyl (C=O) groups is 1. The van der Waals surface area contributed by atoms with E-state index in [1.807, 2.05) is 42.2 Å². The maximum absolute atomic E-state index is 13.2. The molecular weight excluding hydrogens is 366 g/mol. The van der Waals surface area contributed by atoms with Gasteiger partial charge in [0.15, 0.2) is 14.5 Å². The molecule has 0 spiro atoms. The monoisotopic (exact) mass is 401 g/mol. The summed E-state index contributed by atoms with van der Waals surface area (Å²) in [5, 5.41) is 0.0985. The Morgan fingerprint density at radius 2 is 1.82 bits per heavy atom. The summed E-state index contributed by atoms with van der Waals surface area (Å²) in [6, 6.07) is 10.0. The number of benzene rings is 1. The number of rotatable bonds is 5. The Morgan fingerprint density at radius 1 is 1.21 bits per heavy atom. The van der Waals surface area contributed by atoms with E-state index in [0.29, 0.717) is 6.61 Å². The molecule has 3 atom stereocenters. The second-order valence-electron chi connectivity index (χ2n) is 10.1. The fourth-order valence-corrected chi connectivity index (χ4v) is 5.55. The lowest BCUT2D eigenvalue weighted by molar-refractivity contribution is -0.136. The zero-order chi connectivity index (χ0) is 20.9. The van der Waals surface area contributed by atoms with Crippen molar-refractivity contribution < 1.29 is 14.0 Å². The molecule has 0 bridgehead atoms. The Bertz CT molecular complexity index is 766. The van der Waals surface area contributed by atoms with E-state index in [4.69, 9.17) is 9.16 Å². The van der Waals surface area contributed by atoms with Gasteiger partial charge in [-0.15, -0.1) is 0 Å². The highest BCUT2D eigenvalue weighted by Crippen LogP contribution is 2.49. The summed E-state index contributed by atoms with van der Waals surface area (Å²) in [6.07, 6.45) is 1.63. The first-order chi connectivity index (χ1) is 12.9. The van der Waals surface area contributed by atoms with Crippen LogP contribution in [0.5, 0.6) is 0 Å². The minimum Gasteiger partial charge on any atom is -0.411 e. The second-order valence-corrected chi connectivity index (χ2v) is 14.9.